The zero-order valence-electron chi connectivity index (χ0n) is 14.4. The minimum absolute atomic E-state index is 0.125. The summed E-state index contributed by atoms with van der Waals surface area (Å²) in [7, 11) is 0. The lowest BCUT2D eigenvalue weighted by atomic mass is 9.74. The molecule has 3 aromatic rings. The van der Waals surface area contributed by atoms with E-state index in [1.54, 1.807) is 6.20 Å². The molecular formula is C20H21N3O3. The molecule has 1 aromatic carbocycles. The van der Waals surface area contributed by atoms with Gasteiger partial charge in [0, 0.05) is 30.6 Å². The normalized spacial score (nSPS) is 24.9. The van der Waals surface area contributed by atoms with Gasteiger partial charge in [-0.05, 0) is 29.8 Å². The highest BCUT2D eigenvalue weighted by molar-refractivity contribution is 5.51. The summed E-state index contributed by atoms with van der Waals surface area (Å²) in [6.07, 6.45) is 1.71. The number of likely N-dealkylation sites (tertiary alicyclic amines) is 1. The summed E-state index contributed by atoms with van der Waals surface area (Å²) in [6, 6.07) is 14.0. The lowest BCUT2D eigenvalue weighted by Gasteiger charge is -2.38. The van der Waals surface area contributed by atoms with Crippen LogP contribution in [0.3, 0.4) is 0 Å². The van der Waals surface area contributed by atoms with Gasteiger partial charge in [-0.3, -0.25) is 10.00 Å². The van der Waals surface area contributed by atoms with Gasteiger partial charge < -0.3 is 14.3 Å². The van der Waals surface area contributed by atoms with Gasteiger partial charge in [0.2, 0.25) is 0 Å². The van der Waals surface area contributed by atoms with Gasteiger partial charge >= 0.3 is 0 Å². The summed E-state index contributed by atoms with van der Waals surface area (Å²) in [5.41, 5.74) is 1.83. The van der Waals surface area contributed by atoms with Crippen molar-refractivity contribution in [2.24, 2.45) is 5.41 Å². The van der Waals surface area contributed by atoms with Crippen molar-refractivity contribution < 1.29 is 14.3 Å². The molecule has 6 nitrogen and oxygen atoms in total. The van der Waals surface area contributed by atoms with Crippen LogP contribution in [0.25, 0.3) is 11.5 Å². The van der Waals surface area contributed by atoms with Gasteiger partial charge in [0.05, 0.1) is 19.8 Å². The molecule has 0 amide bonds. The van der Waals surface area contributed by atoms with Gasteiger partial charge in [-0.1, -0.05) is 18.2 Å². The van der Waals surface area contributed by atoms with E-state index in [1.165, 1.54) is 5.56 Å². The molecule has 4 heterocycles. The number of ether oxygens (including phenoxy) is 1. The number of furan rings is 1. The van der Waals surface area contributed by atoms with Crippen molar-refractivity contribution in [2.75, 3.05) is 26.3 Å². The second kappa shape index (κ2) is 6.00. The van der Waals surface area contributed by atoms with Gasteiger partial charge in [0.1, 0.15) is 17.2 Å². The fraction of sp³-hybridized carbons (Fsp3) is 0.350. The van der Waals surface area contributed by atoms with Crippen LogP contribution in [0.1, 0.15) is 17.2 Å². The number of aliphatic hydroxyl groups excluding tert-OH is 1. The van der Waals surface area contributed by atoms with E-state index in [1.807, 2.05) is 36.4 Å². The number of aromatic amines is 1. The predicted octanol–water partition coefficient (Wildman–Crippen LogP) is 2.64. The maximum atomic E-state index is 10.1. The van der Waals surface area contributed by atoms with Crippen LogP contribution in [0, 0.1) is 5.41 Å². The Labute approximate surface area is 151 Å². The topological polar surface area (TPSA) is 74.5 Å². The van der Waals surface area contributed by atoms with Crippen LogP contribution in [0.15, 0.2) is 53.1 Å². The van der Waals surface area contributed by atoms with Crippen LogP contribution in [0.5, 0.6) is 5.75 Å². The van der Waals surface area contributed by atoms with Gasteiger partial charge in [-0.25, -0.2) is 0 Å². The molecule has 1 fully saturated rings. The van der Waals surface area contributed by atoms with E-state index >= 15 is 0 Å². The van der Waals surface area contributed by atoms with E-state index < -0.39 is 0 Å². The summed E-state index contributed by atoms with van der Waals surface area (Å²) in [5.74, 6) is 2.93. The summed E-state index contributed by atoms with van der Waals surface area (Å²) in [4.78, 5) is 2.35. The first kappa shape index (κ1) is 15.7. The molecule has 2 aromatic heterocycles. The second-order valence-electron chi connectivity index (χ2n) is 7.31. The molecule has 5 rings (SSSR count). The van der Waals surface area contributed by atoms with Crippen LogP contribution < -0.4 is 4.74 Å². The Morgan fingerprint density at radius 1 is 1.23 bits per heavy atom. The Balaban J connectivity index is 1.38. The van der Waals surface area contributed by atoms with E-state index in [0.717, 1.165) is 36.1 Å². The molecule has 0 unspecified atom stereocenters. The molecule has 0 radical (unpaired) electrons. The van der Waals surface area contributed by atoms with Crippen LogP contribution in [-0.4, -0.2) is 46.5 Å². The molecule has 0 spiro atoms. The highest BCUT2D eigenvalue weighted by atomic mass is 16.5. The van der Waals surface area contributed by atoms with Crippen molar-refractivity contribution in [3.05, 3.63) is 60.0 Å². The van der Waals surface area contributed by atoms with Crippen molar-refractivity contribution >= 4 is 0 Å². The number of fused-ring (bicyclic) bond motifs is 3. The van der Waals surface area contributed by atoms with Crippen LogP contribution in [0.2, 0.25) is 0 Å². The maximum absolute atomic E-state index is 10.1. The van der Waals surface area contributed by atoms with Crippen LogP contribution >= 0.6 is 0 Å². The standard InChI is InChI=1S/C20H21N3O3/c24-12-20-11-23(9-14-5-6-19(26-14)17-7-8-21-22-17)10-16(20)15-3-1-2-4-18(15)25-13-20/h1-8,16,24H,9-13H2,(H,21,22)/t16-,20-/m1/s1. The smallest absolute Gasteiger partial charge is 0.152 e. The molecule has 134 valence electrons. The summed E-state index contributed by atoms with van der Waals surface area (Å²) < 4.78 is 11.9. The first-order chi connectivity index (χ1) is 12.8. The number of H-pyrrole nitrogens is 1. The number of aliphatic hydroxyl groups is 1. The van der Waals surface area contributed by atoms with Crippen molar-refractivity contribution in [1.82, 2.24) is 15.1 Å². The Morgan fingerprint density at radius 2 is 2.15 bits per heavy atom. The first-order valence-electron chi connectivity index (χ1n) is 8.91. The molecule has 6 heteroatoms. The van der Waals surface area contributed by atoms with Crippen molar-refractivity contribution in [3.63, 3.8) is 0 Å². The minimum atomic E-state index is -0.243. The number of rotatable bonds is 4. The first-order valence-corrected chi connectivity index (χ1v) is 8.91. The van der Waals surface area contributed by atoms with Gasteiger partial charge in [0.15, 0.2) is 5.76 Å². The molecule has 2 atom stereocenters. The number of hydrogen-bond acceptors (Lipinski definition) is 5. The predicted molar refractivity (Wildman–Crippen MR) is 95.8 cm³/mol. The maximum Gasteiger partial charge on any atom is 0.152 e. The highest BCUT2D eigenvalue weighted by Gasteiger charge is 2.50. The number of benzene rings is 1. The lowest BCUT2D eigenvalue weighted by molar-refractivity contribution is 0.0453. The van der Waals surface area contributed by atoms with Crippen LogP contribution in [0.4, 0.5) is 0 Å². The largest absolute Gasteiger partial charge is 0.493 e. The van der Waals surface area contributed by atoms with Crippen molar-refractivity contribution in [2.45, 2.75) is 12.5 Å². The van der Waals surface area contributed by atoms with E-state index in [4.69, 9.17) is 9.15 Å². The molecule has 2 aliphatic heterocycles. The monoisotopic (exact) mass is 351 g/mol. The number of para-hydroxylation sites is 1. The van der Waals surface area contributed by atoms with Crippen molar-refractivity contribution in [3.8, 4) is 17.2 Å². The van der Waals surface area contributed by atoms with E-state index in [0.29, 0.717) is 13.2 Å². The number of nitrogens with one attached hydrogen (secondary N) is 1. The third-order valence-corrected chi connectivity index (χ3v) is 5.65. The Kier molecular flexibility index (Phi) is 3.62. The Morgan fingerprint density at radius 3 is 3.00 bits per heavy atom. The zero-order valence-corrected chi connectivity index (χ0v) is 14.4. The third-order valence-electron chi connectivity index (χ3n) is 5.65. The third kappa shape index (κ3) is 2.45. The summed E-state index contributed by atoms with van der Waals surface area (Å²) in [5, 5.41) is 17.0. The summed E-state index contributed by atoms with van der Waals surface area (Å²) >= 11 is 0. The molecule has 0 bridgehead atoms. The molecule has 2 aliphatic rings. The zero-order chi connectivity index (χ0) is 17.6. The fourth-order valence-corrected chi connectivity index (χ4v) is 4.32. The van der Waals surface area contributed by atoms with E-state index in [-0.39, 0.29) is 17.9 Å². The Bertz CT molecular complexity index is 905. The quantitative estimate of drug-likeness (QED) is 0.756. The van der Waals surface area contributed by atoms with Gasteiger partial charge in [-0.2, -0.15) is 5.10 Å². The molecule has 2 N–H and O–H groups in total. The Hall–Kier alpha value is -2.57. The van der Waals surface area contributed by atoms with Crippen LogP contribution in [-0.2, 0) is 6.54 Å². The molecular weight excluding hydrogens is 330 g/mol. The van der Waals surface area contributed by atoms with E-state index in [9.17, 15) is 5.11 Å². The lowest BCUT2D eigenvalue weighted by Crippen LogP contribution is -2.42. The number of hydrogen-bond donors (Lipinski definition) is 2. The van der Waals surface area contributed by atoms with Gasteiger partial charge in [0.25, 0.3) is 0 Å². The molecule has 0 saturated carbocycles. The number of nitrogens with zero attached hydrogens (tertiary/aromatic N) is 2. The SMILES string of the molecule is OC[C@]12COc3ccccc3[C@H]1CN(Cc1ccc(-c3ccn[nH]3)o1)C2. The van der Waals surface area contributed by atoms with Crippen molar-refractivity contribution in [1.29, 1.82) is 0 Å². The highest BCUT2D eigenvalue weighted by Crippen LogP contribution is 2.49. The van der Waals surface area contributed by atoms with E-state index in [2.05, 4.69) is 21.2 Å². The average molecular weight is 351 g/mol. The average Bonchev–Trinajstić information content (AvgIpc) is 3.41. The second-order valence-corrected chi connectivity index (χ2v) is 7.31. The molecule has 0 aliphatic carbocycles. The molecule has 26 heavy (non-hydrogen) atoms. The summed E-state index contributed by atoms with van der Waals surface area (Å²) in [6.45, 7) is 3.08. The van der Waals surface area contributed by atoms with Gasteiger partial charge in [-0.15, -0.1) is 0 Å². The fourth-order valence-electron chi connectivity index (χ4n) is 4.32. The number of aromatic nitrogens is 2. The molecule has 1 saturated heterocycles. The minimum Gasteiger partial charge on any atom is -0.493 e.